The smallest absolute Gasteiger partial charge is 0.129 e. The van der Waals surface area contributed by atoms with Gasteiger partial charge < -0.3 is 5.11 Å². The summed E-state index contributed by atoms with van der Waals surface area (Å²) in [6.07, 6.45) is 4.76. The van der Waals surface area contributed by atoms with Crippen molar-refractivity contribution >= 4 is 11.6 Å². The fourth-order valence-electron chi connectivity index (χ4n) is 2.58. The molecule has 1 atom stereocenters. The Morgan fingerprint density at radius 1 is 1.16 bits per heavy atom. The quantitative estimate of drug-likeness (QED) is 0.855. The first-order chi connectivity index (χ1) is 9.25. The van der Waals surface area contributed by atoms with Crippen molar-refractivity contribution in [1.82, 2.24) is 4.98 Å². The van der Waals surface area contributed by atoms with Gasteiger partial charge in [-0.3, -0.25) is 0 Å². The number of aliphatic hydroxyl groups is 1. The first-order valence-corrected chi connectivity index (χ1v) is 7.02. The van der Waals surface area contributed by atoms with Gasteiger partial charge in [0.2, 0.25) is 0 Å². The second-order valence-electron chi connectivity index (χ2n) is 5.07. The number of nitrogens with zero attached hydrogens (tertiary/aromatic N) is 1. The minimum absolute atomic E-state index is 0.447. The number of hydrogen-bond acceptors (Lipinski definition) is 2. The van der Waals surface area contributed by atoms with Crippen LogP contribution in [-0.2, 0) is 0 Å². The Kier molecular flexibility index (Phi) is 3.54. The van der Waals surface area contributed by atoms with Crippen LogP contribution in [-0.4, -0.2) is 10.1 Å². The third-order valence-corrected chi connectivity index (χ3v) is 4.13. The maximum Gasteiger partial charge on any atom is 0.129 e. The third kappa shape index (κ3) is 2.51. The molecule has 3 rings (SSSR count). The van der Waals surface area contributed by atoms with Crippen molar-refractivity contribution in [3.05, 3.63) is 64.4 Å². The SMILES string of the molecule is OC(c1ccc(Cl)nc1)c1ccccc1C1CCC1. The summed E-state index contributed by atoms with van der Waals surface area (Å²) in [6.45, 7) is 0. The summed E-state index contributed by atoms with van der Waals surface area (Å²) in [5, 5.41) is 11.0. The van der Waals surface area contributed by atoms with Crippen molar-refractivity contribution < 1.29 is 5.11 Å². The lowest BCUT2D eigenvalue weighted by molar-refractivity contribution is 0.216. The van der Waals surface area contributed by atoms with E-state index in [-0.39, 0.29) is 0 Å². The molecule has 98 valence electrons. The summed E-state index contributed by atoms with van der Waals surface area (Å²) in [5.74, 6) is 0.603. The predicted molar refractivity (Wildman–Crippen MR) is 76.3 cm³/mol. The average molecular weight is 274 g/mol. The third-order valence-electron chi connectivity index (χ3n) is 3.90. The van der Waals surface area contributed by atoms with Gasteiger partial charge in [0.05, 0.1) is 0 Å². The molecular formula is C16H16ClNO. The number of pyridine rings is 1. The van der Waals surface area contributed by atoms with Crippen LogP contribution in [0.2, 0.25) is 5.15 Å². The summed E-state index contributed by atoms with van der Waals surface area (Å²) < 4.78 is 0. The van der Waals surface area contributed by atoms with Crippen molar-refractivity contribution in [3.8, 4) is 0 Å². The molecule has 1 aliphatic rings. The van der Waals surface area contributed by atoms with E-state index in [4.69, 9.17) is 11.6 Å². The zero-order valence-electron chi connectivity index (χ0n) is 10.6. The molecule has 3 heteroatoms. The van der Waals surface area contributed by atoms with E-state index >= 15 is 0 Å². The van der Waals surface area contributed by atoms with Crippen molar-refractivity contribution in [1.29, 1.82) is 0 Å². The van der Waals surface area contributed by atoms with Gasteiger partial charge in [0.1, 0.15) is 11.3 Å². The van der Waals surface area contributed by atoms with E-state index < -0.39 is 6.10 Å². The Bertz CT molecular complexity index is 563. The van der Waals surface area contributed by atoms with Gasteiger partial charge in [0.15, 0.2) is 0 Å². The summed E-state index contributed by atoms with van der Waals surface area (Å²) in [6, 6.07) is 11.7. The molecule has 0 saturated heterocycles. The van der Waals surface area contributed by atoms with E-state index in [0.29, 0.717) is 11.1 Å². The van der Waals surface area contributed by atoms with Crippen LogP contribution >= 0.6 is 11.6 Å². The molecule has 0 bridgehead atoms. The molecule has 1 fully saturated rings. The van der Waals surface area contributed by atoms with Gasteiger partial charge >= 0.3 is 0 Å². The first kappa shape index (κ1) is 12.6. The Balaban J connectivity index is 1.94. The molecule has 1 heterocycles. The number of rotatable bonds is 3. The van der Waals surface area contributed by atoms with Gasteiger partial charge in [0, 0.05) is 11.8 Å². The zero-order valence-corrected chi connectivity index (χ0v) is 11.3. The largest absolute Gasteiger partial charge is 0.384 e. The number of hydrogen-bond donors (Lipinski definition) is 1. The number of aromatic nitrogens is 1. The summed E-state index contributed by atoms with van der Waals surface area (Å²) in [5.41, 5.74) is 3.06. The minimum atomic E-state index is -0.624. The standard InChI is InChI=1S/C16H16ClNO/c17-15-9-8-12(10-18-15)16(19)14-7-2-1-6-13(14)11-4-3-5-11/h1-2,6-11,16,19H,3-5H2. The Morgan fingerprint density at radius 3 is 2.58 bits per heavy atom. The van der Waals surface area contributed by atoms with Crippen LogP contribution in [0, 0.1) is 0 Å². The highest BCUT2D eigenvalue weighted by molar-refractivity contribution is 6.29. The molecule has 1 aromatic carbocycles. The fraction of sp³-hybridized carbons (Fsp3) is 0.312. The Morgan fingerprint density at radius 2 is 1.95 bits per heavy atom. The predicted octanol–water partition coefficient (Wildman–Crippen LogP) is 4.08. The monoisotopic (exact) mass is 273 g/mol. The topological polar surface area (TPSA) is 33.1 Å². The van der Waals surface area contributed by atoms with E-state index in [1.54, 1.807) is 12.3 Å². The average Bonchev–Trinajstić information content (AvgIpc) is 2.37. The van der Waals surface area contributed by atoms with Crippen LogP contribution in [0.15, 0.2) is 42.6 Å². The highest BCUT2D eigenvalue weighted by atomic mass is 35.5. The number of halogens is 1. The Hall–Kier alpha value is -1.38. The van der Waals surface area contributed by atoms with E-state index in [1.165, 1.54) is 24.8 Å². The summed E-state index contributed by atoms with van der Waals surface area (Å²) >= 11 is 5.78. The molecule has 0 aliphatic heterocycles. The lowest BCUT2D eigenvalue weighted by atomic mass is 9.77. The second kappa shape index (κ2) is 5.32. The van der Waals surface area contributed by atoms with Gasteiger partial charge in [0.25, 0.3) is 0 Å². The molecule has 1 aliphatic carbocycles. The highest BCUT2D eigenvalue weighted by Gasteiger charge is 2.24. The maximum absolute atomic E-state index is 10.5. The highest BCUT2D eigenvalue weighted by Crippen LogP contribution is 2.40. The van der Waals surface area contributed by atoms with Crippen LogP contribution in [0.4, 0.5) is 0 Å². The van der Waals surface area contributed by atoms with Crippen LogP contribution < -0.4 is 0 Å². The molecule has 0 amide bonds. The molecular weight excluding hydrogens is 258 g/mol. The maximum atomic E-state index is 10.5. The van der Waals surface area contributed by atoms with Crippen LogP contribution in [0.1, 0.15) is 48.0 Å². The summed E-state index contributed by atoms with van der Waals surface area (Å²) in [7, 11) is 0. The molecule has 1 saturated carbocycles. The van der Waals surface area contributed by atoms with Gasteiger partial charge in [-0.1, -0.05) is 48.4 Å². The van der Waals surface area contributed by atoms with Crippen molar-refractivity contribution in [3.63, 3.8) is 0 Å². The normalized spacial score (nSPS) is 16.9. The van der Waals surface area contributed by atoms with Gasteiger partial charge in [-0.2, -0.15) is 0 Å². The molecule has 2 nitrogen and oxygen atoms in total. The van der Waals surface area contributed by atoms with Crippen LogP contribution in [0.3, 0.4) is 0 Å². The van der Waals surface area contributed by atoms with E-state index in [9.17, 15) is 5.11 Å². The van der Waals surface area contributed by atoms with Gasteiger partial charge in [-0.15, -0.1) is 0 Å². The zero-order chi connectivity index (χ0) is 13.2. The molecule has 19 heavy (non-hydrogen) atoms. The minimum Gasteiger partial charge on any atom is -0.384 e. The van der Waals surface area contributed by atoms with Gasteiger partial charge in [-0.25, -0.2) is 4.98 Å². The van der Waals surface area contributed by atoms with Crippen molar-refractivity contribution in [2.45, 2.75) is 31.3 Å². The summed E-state index contributed by atoms with van der Waals surface area (Å²) in [4.78, 5) is 4.04. The number of aliphatic hydroxyl groups excluding tert-OH is 1. The second-order valence-corrected chi connectivity index (χ2v) is 5.46. The lowest BCUT2D eigenvalue weighted by Gasteiger charge is -2.29. The molecule has 0 radical (unpaired) electrons. The van der Waals surface area contributed by atoms with Crippen molar-refractivity contribution in [2.75, 3.05) is 0 Å². The van der Waals surface area contributed by atoms with Crippen LogP contribution in [0.25, 0.3) is 0 Å². The first-order valence-electron chi connectivity index (χ1n) is 6.64. The molecule has 0 spiro atoms. The van der Waals surface area contributed by atoms with E-state index in [0.717, 1.165) is 11.1 Å². The fourth-order valence-corrected chi connectivity index (χ4v) is 2.69. The van der Waals surface area contributed by atoms with Crippen LogP contribution in [0.5, 0.6) is 0 Å². The lowest BCUT2D eigenvalue weighted by Crippen LogP contribution is -2.13. The number of benzene rings is 1. The van der Waals surface area contributed by atoms with Crippen molar-refractivity contribution in [2.24, 2.45) is 0 Å². The van der Waals surface area contributed by atoms with E-state index in [2.05, 4.69) is 11.1 Å². The Labute approximate surface area is 118 Å². The van der Waals surface area contributed by atoms with E-state index in [1.807, 2.05) is 24.3 Å². The molecule has 2 aromatic rings. The molecule has 1 N–H and O–H groups in total. The molecule has 1 unspecified atom stereocenters. The molecule has 1 aromatic heterocycles. The van der Waals surface area contributed by atoms with Gasteiger partial charge in [-0.05, 0) is 36.0 Å².